The van der Waals surface area contributed by atoms with Crippen molar-refractivity contribution in [2.45, 2.75) is 23.0 Å². The second kappa shape index (κ2) is 4.31. The Morgan fingerprint density at radius 2 is 1.94 bits per heavy atom. The van der Waals surface area contributed by atoms with Crippen LogP contribution in [0.3, 0.4) is 0 Å². The quantitative estimate of drug-likeness (QED) is 0.906. The Labute approximate surface area is 102 Å². The van der Waals surface area contributed by atoms with Crippen LogP contribution in [0.1, 0.15) is 12.8 Å². The number of benzene rings is 1. The summed E-state index contributed by atoms with van der Waals surface area (Å²) in [5, 5.41) is 7.25. The molecule has 1 aromatic rings. The summed E-state index contributed by atoms with van der Waals surface area (Å²) in [5.41, 5.74) is 0. The lowest BCUT2D eigenvalue weighted by molar-refractivity contribution is -0.136. The van der Waals surface area contributed by atoms with Gasteiger partial charge in [0.2, 0.25) is 0 Å². The van der Waals surface area contributed by atoms with E-state index in [-0.39, 0.29) is 0 Å². The van der Waals surface area contributed by atoms with Gasteiger partial charge in [0.15, 0.2) is 15.1 Å². The van der Waals surface area contributed by atoms with Gasteiger partial charge in [0, 0.05) is 0 Å². The van der Waals surface area contributed by atoms with Crippen molar-refractivity contribution in [3.05, 3.63) is 29.8 Å². The van der Waals surface area contributed by atoms with Crippen LogP contribution >= 0.6 is 0 Å². The summed E-state index contributed by atoms with van der Waals surface area (Å²) in [6, 6.07) is 1.97. The first kappa shape index (κ1) is 12.9. The smallest absolute Gasteiger partial charge is 0.322 e. The zero-order valence-corrected chi connectivity index (χ0v) is 9.95. The van der Waals surface area contributed by atoms with Crippen LogP contribution in [0.15, 0.2) is 23.1 Å². The van der Waals surface area contributed by atoms with E-state index in [1.165, 1.54) is 0 Å². The number of hydrogen-bond donors (Lipinski definition) is 1. The lowest BCUT2D eigenvalue weighted by Crippen LogP contribution is -2.32. The van der Waals surface area contributed by atoms with Crippen molar-refractivity contribution < 1.29 is 27.1 Å². The van der Waals surface area contributed by atoms with Crippen molar-refractivity contribution in [2.24, 2.45) is 5.92 Å². The summed E-state index contributed by atoms with van der Waals surface area (Å²) in [7, 11) is -4.40. The van der Waals surface area contributed by atoms with E-state index in [1.807, 2.05) is 0 Å². The maximum absolute atomic E-state index is 13.4. The van der Waals surface area contributed by atoms with Gasteiger partial charge < -0.3 is 5.11 Å². The van der Waals surface area contributed by atoms with Crippen LogP contribution < -0.4 is 0 Å². The standard InChI is InChI=1S/C11H10F2O4S/c12-7-3-4-8(13)9(5-7)18(16,17)10(11(14)15)6-1-2-6/h3-6,10H,1-2H2,(H,14,15). The Kier molecular flexibility index (Phi) is 3.10. The Morgan fingerprint density at radius 3 is 2.44 bits per heavy atom. The molecule has 1 fully saturated rings. The molecular weight excluding hydrogens is 266 g/mol. The van der Waals surface area contributed by atoms with E-state index in [0.717, 1.165) is 6.07 Å². The van der Waals surface area contributed by atoms with Crippen molar-refractivity contribution in [2.75, 3.05) is 0 Å². The highest BCUT2D eigenvalue weighted by atomic mass is 32.2. The number of carboxylic acid groups (broad SMARTS) is 1. The molecule has 1 atom stereocenters. The molecule has 0 saturated heterocycles. The van der Waals surface area contributed by atoms with Gasteiger partial charge in [0.05, 0.1) is 0 Å². The fraction of sp³-hybridized carbons (Fsp3) is 0.364. The van der Waals surface area contributed by atoms with Crippen LogP contribution in [0.4, 0.5) is 8.78 Å². The Balaban J connectivity index is 2.52. The number of sulfone groups is 1. The monoisotopic (exact) mass is 276 g/mol. The Hall–Kier alpha value is -1.50. The fourth-order valence-electron chi connectivity index (χ4n) is 1.82. The van der Waals surface area contributed by atoms with Gasteiger partial charge >= 0.3 is 5.97 Å². The Morgan fingerprint density at radius 1 is 1.33 bits per heavy atom. The zero-order chi connectivity index (χ0) is 13.5. The predicted molar refractivity (Wildman–Crippen MR) is 57.7 cm³/mol. The van der Waals surface area contributed by atoms with Crippen LogP contribution in [0.5, 0.6) is 0 Å². The highest BCUT2D eigenvalue weighted by Gasteiger charge is 2.46. The molecule has 0 amide bonds. The molecule has 1 saturated carbocycles. The average molecular weight is 276 g/mol. The minimum Gasteiger partial charge on any atom is -0.480 e. The molecule has 4 nitrogen and oxygen atoms in total. The molecule has 0 radical (unpaired) electrons. The zero-order valence-electron chi connectivity index (χ0n) is 9.14. The summed E-state index contributed by atoms with van der Waals surface area (Å²) in [6.45, 7) is 0. The highest BCUT2D eigenvalue weighted by molar-refractivity contribution is 7.92. The number of hydrogen-bond acceptors (Lipinski definition) is 3. The first-order chi connectivity index (χ1) is 8.34. The molecule has 98 valence electrons. The van der Waals surface area contributed by atoms with E-state index in [1.54, 1.807) is 0 Å². The second-order valence-corrected chi connectivity index (χ2v) is 6.25. The van der Waals surface area contributed by atoms with Gasteiger partial charge in [-0.25, -0.2) is 17.2 Å². The van der Waals surface area contributed by atoms with Crippen LogP contribution in [-0.2, 0) is 14.6 Å². The number of aliphatic carboxylic acids is 1. The summed E-state index contributed by atoms with van der Waals surface area (Å²) < 4.78 is 50.5. The minimum atomic E-state index is -4.40. The average Bonchev–Trinajstić information content (AvgIpc) is 3.05. The van der Waals surface area contributed by atoms with Crippen LogP contribution in [0.2, 0.25) is 0 Å². The van der Waals surface area contributed by atoms with Gasteiger partial charge in [-0.05, 0) is 37.0 Å². The molecule has 1 aliphatic carbocycles. The largest absolute Gasteiger partial charge is 0.480 e. The minimum absolute atomic E-state index is 0.465. The third-order valence-corrected chi connectivity index (χ3v) is 5.01. The molecule has 0 aliphatic heterocycles. The van der Waals surface area contributed by atoms with Crippen LogP contribution in [-0.4, -0.2) is 24.7 Å². The summed E-state index contributed by atoms with van der Waals surface area (Å²) >= 11 is 0. The summed E-state index contributed by atoms with van der Waals surface area (Å²) in [4.78, 5) is 10.1. The van der Waals surface area contributed by atoms with E-state index in [4.69, 9.17) is 5.11 Å². The Bertz CT molecular complexity index is 593. The van der Waals surface area contributed by atoms with Crippen molar-refractivity contribution in [1.82, 2.24) is 0 Å². The number of halogens is 2. The molecule has 1 aromatic carbocycles. The van der Waals surface area contributed by atoms with E-state index in [2.05, 4.69) is 0 Å². The molecule has 0 heterocycles. The normalized spacial score (nSPS) is 17.4. The molecule has 1 aliphatic rings. The molecular formula is C11H10F2O4S. The second-order valence-electron chi connectivity index (χ2n) is 4.22. The fourth-order valence-corrected chi connectivity index (χ4v) is 3.75. The van der Waals surface area contributed by atoms with Gasteiger partial charge in [-0.3, -0.25) is 4.79 Å². The van der Waals surface area contributed by atoms with E-state index in [9.17, 15) is 22.0 Å². The molecule has 0 aromatic heterocycles. The number of carboxylic acids is 1. The molecule has 0 spiro atoms. The van der Waals surface area contributed by atoms with Gasteiger partial charge in [-0.2, -0.15) is 0 Å². The molecule has 1 N–H and O–H groups in total. The molecule has 1 unspecified atom stereocenters. The lowest BCUT2D eigenvalue weighted by Gasteiger charge is -2.13. The van der Waals surface area contributed by atoms with Crippen LogP contribution in [0, 0.1) is 17.6 Å². The number of carbonyl (C=O) groups is 1. The van der Waals surface area contributed by atoms with Gasteiger partial charge in [-0.1, -0.05) is 0 Å². The first-order valence-corrected chi connectivity index (χ1v) is 6.80. The highest BCUT2D eigenvalue weighted by Crippen LogP contribution is 2.39. The molecule has 0 bridgehead atoms. The molecule has 7 heteroatoms. The summed E-state index contributed by atoms with van der Waals surface area (Å²) in [6.07, 6.45) is 0.931. The first-order valence-electron chi connectivity index (χ1n) is 5.26. The van der Waals surface area contributed by atoms with E-state index < -0.39 is 43.5 Å². The third-order valence-electron chi connectivity index (χ3n) is 2.83. The van der Waals surface area contributed by atoms with Crippen molar-refractivity contribution in [3.8, 4) is 0 Å². The third kappa shape index (κ3) is 2.22. The topological polar surface area (TPSA) is 71.4 Å². The molecule has 18 heavy (non-hydrogen) atoms. The maximum atomic E-state index is 13.4. The van der Waals surface area contributed by atoms with Crippen molar-refractivity contribution in [1.29, 1.82) is 0 Å². The van der Waals surface area contributed by atoms with Gasteiger partial charge in [0.1, 0.15) is 16.5 Å². The van der Waals surface area contributed by atoms with Gasteiger partial charge in [-0.15, -0.1) is 0 Å². The number of rotatable bonds is 4. The predicted octanol–water partition coefficient (Wildman–Crippen LogP) is 1.60. The molecule has 2 rings (SSSR count). The summed E-state index contributed by atoms with van der Waals surface area (Å²) in [5.74, 6) is -4.10. The maximum Gasteiger partial charge on any atom is 0.322 e. The lowest BCUT2D eigenvalue weighted by atomic mass is 10.3. The van der Waals surface area contributed by atoms with Crippen molar-refractivity contribution >= 4 is 15.8 Å². The van der Waals surface area contributed by atoms with Crippen LogP contribution in [0.25, 0.3) is 0 Å². The van der Waals surface area contributed by atoms with Gasteiger partial charge in [0.25, 0.3) is 0 Å². The van der Waals surface area contributed by atoms with Crippen molar-refractivity contribution in [3.63, 3.8) is 0 Å². The SMILES string of the molecule is O=C(O)C(C1CC1)S(=O)(=O)c1cc(F)ccc1F. The van der Waals surface area contributed by atoms with E-state index >= 15 is 0 Å². The van der Waals surface area contributed by atoms with E-state index in [0.29, 0.717) is 25.0 Å².